The number of hydrogen-bond donors (Lipinski definition) is 0. The van der Waals surface area contributed by atoms with Crippen molar-refractivity contribution in [1.82, 2.24) is 4.90 Å². The summed E-state index contributed by atoms with van der Waals surface area (Å²) in [5.74, 6) is 0. The van der Waals surface area contributed by atoms with Gasteiger partial charge >= 0.3 is 0 Å². The van der Waals surface area contributed by atoms with Gasteiger partial charge in [-0.1, -0.05) is 29.8 Å². The molecule has 0 bridgehead atoms. The molecule has 1 heterocycles. The van der Waals surface area contributed by atoms with Crippen molar-refractivity contribution < 1.29 is 4.74 Å². The lowest BCUT2D eigenvalue weighted by Crippen LogP contribution is -2.34. The van der Waals surface area contributed by atoms with Gasteiger partial charge in [-0.2, -0.15) is 5.26 Å². The summed E-state index contributed by atoms with van der Waals surface area (Å²) in [4.78, 5) is 2.20. The second kappa shape index (κ2) is 7.28. The van der Waals surface area contributed by atoms with Crippen molar-refractivity contribution in [2.45, 2.75) is 32.3 Å². The third kappa shape index (κ3) is 4.66. The van der Waals surface area contributed by atoms with Crippen molar-refractivity contribution in [3.8, 4) is 6.07 Å². The Morgan fingerprint density at radius 3 is 2.79 bits per heavy atom. The van der Waals surface area contributed by atoms with Crippen LogP contribution in [0.5, 0.6) is 0 Å². The fourth-order valence-corrected chi connectivity index (χ4v) is 2.45. The fraction of sp³-hybridized carbons (Fsp3) is 0.562. The standard InChI is InChI=1S/C16H22N2O/c1-14-4-6-15(7-5-14)8-10-18(11-9-17)13-16-3-2-12-19-16/h4-7,16H,2-3,8,10-13H2,1H3/t16-/m1/s1. The second-order valence-electron chi connectivity index (χ2n) is 5.26. The number of nitrogens with zero attached hydrogens (tertiary/aromatic N) is 2. The van der Waals surface area contributed by atoms with Crippen LogP contribution >= 0.6 is 0 Å². The molecule has 1 aromatic carbocycles. The fourth-order valence-electron chi connectivity index (χ4n) is 2.45. The van der Waals surface area contributed by atoms with Gasteiger partial charge in [0.05, 0.1) is 18.7 Å². The highest BCUT2D eigenvalue weighted by Gasteiger charge is 2.18. The van der Waals surface area contributed by atoms with Crippen molar-refractivity contribution in [2.75, 3.05) is 26.2 Å². The summed E-state index contributed by atoms with van der Waals surface area (Å²) in [6.07, 6.45) is 3.61. The lowest BCUT2D eigenvalue weighted by atomic mass is 10.1. The van der Waals surface area contributed by atoms with Gasteiger partial charge in [-0.15, -0.1) is 0 Å². The predicted molar refractivity (Wildman–Crippen MR) is 75.9 cm³/mol. The molecule has 0 unspecified atom stereocenters. The van der Waals surface area contributed by atoms with E-state index in [2.05, 4.69) is 42.2 Å². The minimum atomic E-state index is 0.325. The first-order valence-electron chi connectivity index (χ1n) is 7.04. The number of rotatable bonds is 6. The molecular formula is C16H22N2O. The van der Waals surface area contributed by atoms with Crippen LogP contribution in [0.15, 0.2) is 24.3 Å². The van der Waals surface area contributed by atoms with E-state index in [1.165, 1.54) is 11.1 Å². The second-order valence-corrected chi connectivity index (χ2v) is 5.26. The lowest BCUT2D eigenvalue weighted by Gasteiger charge is -2.22. The highest BCUT2D eigenvalue weighted by atomic mass is 16.5. The SMILES string of the molecule is Cc1ccc(CCN(CC#N)C[C@H]2CCCO2)cc1. The van der Waals surface area contributed by atoms with Crippen LogP contribution in [0.2, 0.25) is 0 Å². The molecule has 1 aromatic rings. The summed E-state index contributed by atoms with van der Waals surface area (Å²) >= 11 is 0. The summed E-state index contributed by atoms with van der Waals surface area (Å²) in [6.45, 7) is 5.29. The number of benzene rings is 1. The number of ether oxygens (including phenoxy) is 1. The van der Waals surface area contributed by atoms with E-state index in [0.29, 0.717) is 12.6 Å². The van der Waals surface area contributed by atoms with E-state index >= 15 is 0 Å². The molecule has 3 nitrogen and oxygen atoms in total. The van der Waals surface area contributed by atoms with Gasteiger partial charge in [0.2, 0.25) is 0 Å². The van der Waals surface area contributed by atoms with Crippen molar-refractivity contribution >= 4 is 0 Å². The zero-order chi connectivity index (χ0) is 13.5. The van der Waals surface area contributed by atoms with E-state index in [1.54, 1.807) is 0 Å². The van der Waals surface area contributed by atoms with Gasteiger partial charge in [-0.3, -0.25) is 4.90 Å². The Kier molecular flexibility index (Phi) is 5.38. The zero-order valence-electron chi connectivity index (χ0n) is 11.6. The van der Waals surface area contributed by atoms with Crippen LogP contribution in [0, 0.1) is 18.3 Å². The Morgan fingerprint density at radius 1 is 1.37 bits per heavy atom. The molecule has 102 valence electrons. The van der Waals surface area contributed by atoms with Crippen LogP contribution in [-0.2, 0) is 11.2 Å². The molecule has 1 saturated heterocycles. The van der Waals surface area contributed by atoms with Gasteiger partial charge in [0.25, 0.3) is 0 Å². The van der Waals surface area contributed by atoms with E-state index in [9.17, 15) is 0 Å². The van der Waals surface area contributed by atoms with Gasteiger partial charge in [-0.25, -0.2) is 0 Å². The monoisotopic (exact) mass is 258 g/mol. The van der Waals surface area contributed by atoms with Gasteiger partial charge in [0.15, 0.2) is 0 Å². The summed E-state index contributed by atoms with van der Waals surface area (Å²) < 4.78 is 5.65. The first-order chi connectivity index (χ1) is 9.28. The Hall–Kier alpha value is -1.37. The summed E-state index contributed by atoms with van der Waals surface area (Å²) in [5, 5.41) is 8.91. The van der Waals surface area contributed by atoms with Gasteiger partial charge < -0.3 is 4.74 Å². The highest BCUT2D eigenvalue weighted by molar-refractivity contribution is 5.21. The molecule has 19 heavy (non-hydrogen) atoms. The summed E-state index contributed by atoms with van der Waals surface area (Å²) in [6, 6.07) is 10.9. The Balaban J connectivity index is 1.82. The average Bonchev–Trinajstić information content (AvgIpc) is 2.91. The molecule has 0 radical (unpaired) electrons. The third-order valence-corrected chi connectivity index (χ3v) is 3.62. The van der Waals surface area contributed by atoms with E-state index in [4.69, 9.17) is 10.00 Å². The quantitative estimate of drug-likeness (QED) is 0.736. The van der Waals surface area contributed by atoms with Crippen LogP contribution in [0.1, 0.15) is 24.0 Å². The topological polar surface area (TPSA) is 36.3 Å². The molecule has 1 fully saturated rings. The zero-order valence-corrected chi connectivity index (χ0v) is 11.6. The van der Waals surface area contributed by atoms with Crippen LogP contribution in [0.4, 0.5) is 0 Å². The Bertz CT molecular complexity index is 415. The molecule has 0 N–H and O–H groups in total. The minimum Gasteiger partial charge on any atom is -0.377 e. The van der Waals surface area contributed by atoms with Crippen molar-refractivity contribution in [3.05, 3.63) is 35.4 Å². The molecule has 1 aliphatic rings. The average molecular weight is 258 g/mol. The summed E-state index contributed by atoms with van der Waals surface area (Å²) in [7, 11) is 0. The van der Waals surface area contributed by atoms with Gasteiger partial charge in [0, 0.05) is 19.7 Å². The molecule has 3 heteroatoms. The van der Waals surface area contributed by atoms with E-state index < -0.39 is 0 Å². The van der Waals surface area contributed by atoms with Crippen LogP contribution in [-0.4, -0.2) is 37.2 Å². The normalized spacial score (nSPS) is 18.7. The van der Waals surface area contributed by atoms with E-state index in [1.807, 2.05) is 0 Å². The highest BCUT2D eigenvalue weighted by Crippen LogP contribution is 2.13. The maximum absolute atomic E-state index is 8.91. The molecule has 0 aromatic heterocycles. The van der Waals surface area contributed by atoms with Crippen molar-refractivity contribution in [1.29, 1.82) is 5.26 Å². The lowest BCUT2D eigenvalue weighted by molar-refractivity contribution is 0.0777. The van der Waals surface area contributed by atoms with Crippen molar-refractivity contribution in [2.24, 2.45) is 0 Å². The van der Waals surface area contributed by atoms with Crippen LogP contribution in [0.25, 0.3) is 0 Å². The van der Waals surface area contributed by atoms with Gasteiger partial charge in [0.1, 0.15) is 0 Å². The van der Waals surface area contributed by atoms with Gasteiger partial charge in [-0.05, 0) is 31.7 Å². The molecule has 2 rings (SSSR count). The molecule has 0 spiro atoms. The Morgan fingerprint density at radius 2 is 2.16 bits per heavy atom. The molecule has 0 amide bonds. The molecule has 1 atom stereocenters. The summed E-state index contributed by atoms with van der Waals surface area (Å²) in [5.41, 5.74) is 2.62. The number of aryl methyl sites for hydroxylation is 1. The molecule has 0 aliphatic carbocycles. The van der Waals surface area contributed by atoms with Crippen LogP contribution < -0.4 is 0 Å². The maximum atomic E-state index is 8.91. The largest absolute Gasteiger partial charge is 0.377 e. The maximum Gasteiger partial charge on any atom is 0.0866 e. The molecular weight excluding hydrogens is 236 g/mol. The first kappa shape index (κ1) is 14.0. The van der Waals surface area contributed by atoms with Crippen molar-refractivity contribution in [3.63, 3.8) is 0 Å². The molecule has 1 aliphatic heterocycles. The first-order valence-corrected chi connectivity index (χ1v) is 7.04. The smallest absolute Gasteiger partial charge is 0.0866 e. The minimum absolute atomic E-state index is 0.325. The number of nitriles is 1. The van der Waals surface area contributed by atoms with E-state index in [-0.39, 0.29) is 0 Å². The number of hydrogen-bond acceptors (Lipinski definition) is 3. The van der Waals surface area contributed by atoms with E-state index in [0.717, 1.165) is 39.0 Å². The molecule has 0 saturated carbocycles. The third-order valence-electron chi connectivity index (χ3n) is 3.62. The van der Waals surface area contributed by atoms with Crippen LogP contribution in [0.3, 0.4) is 0 Å². The predicted octanol–water partition coefficient (Wildman–Crippen LogP) is 2.54. The Labute approximate surface area is 115 Å².